The first kappa shape index (κ1) is 24.2. The largest absolute Gasteiger partial charge is 0.494 e. The van der Waals surface area contributed by atoms with Crippen LogP contribution in [0.1, 0.15) is 42.7 Å². The van der Waals surface area contributed by atoms with Crippen LogP contribution in [-0.4, -0.2) is 41.8 Å². The zero-order chi connectivity index (χ0) is 23.8. The van der Waals surface area contributed by atoms with Crippen LogP contribution >= 0.6 is 11.3 Å². The Morgan fingerprint density at radius 1 is 1.18 bits per heavy atom. The van der Waals surface area contributed by atoms with Crippen LogP contribution in [-0.2, 0) is 11.2 Å². The number of piperidine rings is 1. The number of thiazole rings is 1. The molecular weight excluding hydrogens is 446 g/mol. The minimum absolute atomic E-state index is 0.343. The van der Waals surface area contributed by atoms with Gasteiger partial charge >= 0.3 is 5.97 Å². The predicted molar refractivity (Wildman–Crippen MR) is 138 cm³/mol. The topological polar surface area (TPSA) is 83.5 Å². The number of aromatic nitrogens is 1. The molecule has 0 saturated carbocycles. The number of ether oxygens (including phenoxy) is 1. The highest BCUT2D eigenvalue weighted by Crippen LogP contribution is 2.25. The van der Waals surface area contributed by atoms with E-state index in [-0.39, 0.29) is 0 Å². The molecule has 180 valence electrons. The first-order chi connectivity index (χ1) is 16.6. The Balaban J connectivity index is 1.24. The van der Waals surface area contributed by atoms with Gasteiger partial charge in [0.05, 0.1) is 22.5 Å². The highest BCUT2D eigenvalue weighted by molar-refractivity contribution is 7.19. The van der Waals surface area contributed by atoms with Gasteiger partial charge in [-0.05, 0) is 74.5 Å². The van der Waals surface area contributed by atoms with Crippen molar-refractivity contribution in [3.05, 3.63) is 65.7 Å². The number of rotatable bonds is 12. The molecule has 6 nitrogen and oxygen atoms in total. The maximum absolute atomic E-state index is 11.9. The van der Waals surface area contributed by atoms with Gasteiger partial charge in [-0.25, -0.2) is 9.78 Å². The Morgan fingerprint density at radius 2 is 1.94 bits per heavy atom. The number of fused-ring (bicyclic) bond motifs is 1. The SMILES string of the molecule is C=C(NC(Cc1ccc(OCCCCC2CCNCC2)cc1)C(=O)O)c1nc2ccccc2s1. The minimum Gasteiger partial charge on any atom is -0.494 e. The smallest absolute Gasteiger partial charge is 0.326 e. The molecule has 1 aromatic heterocycles. The van der Waals surface area contributed by atoms with Gasteiger partial charge < -0.3 is 20.5 Å². The summed E-state index contributed by atoms with van der Waals surface area (Å²) in [4.78, 5) is 16.4. The predicted octanol–water partition coefficient (Wildman–Crippen LogP) is 5.10. The molecule has 3 N–H and O–H groups in total. The summed E-state index contributed by atoms with van der Waals surface area (Å²) in [7, 11) is 0. The summed E-state index contributed by atoms with van der Waals surface area (Å²) in [6.45, 7) is 7.05. The molecule has 1 atom stereocenters. The number of nitrogens with one attached hydrogen (secondary N) is 2. The van der Waals surface area contributed by atoms with Gasteiger partial charge in [-0.1, -0.05) is 37.3 Å². The highest BCUT2D eigenvalue weighted by Gasteiger charge is 2.20. The molecule has 0 spiro atoms. The number of hydrogen-bond donors (Lipinski definition) is 3. The molecule has 34 heavy (non-hydrogen) atoms. The van der Waals surface area contributed by atoms with E-state index in [9.17, 15) is 9.90 Å². The van der Waals surface area contributed by atoms with Crippen molar-refractivity contribution in [2.24, 2.45) is 5.92 Å². The van der Waals surface area contributed by atoms with Gasteiger partial charge in [-0.3, -0.25) is 0 Å². The van der Waals surface area contributed by atoms with Crippen LogP contribution in [0.4, 0.5) is 0 Å². The van der Waals surface area contributed by atoms with E-state index in [1.165, 1.54) is 37.0 Å². The Hall–Kier alpha value is -2.90. The first-order valence-electron chi connectivity index (χ1n) is 12.0. The number of hydrogen-bond acceptors (Lipinski definition) is 6. The number of nitrogens with zero attached hydrogens (tertiary/aromatic N) is 1. The summed E-state index contributed by atoms with van der Waals surface area (Å²) in [5.41, 5.74) is 2.34. The monoisotopic (exact) mass is 479 g/mol. The minimum atomic E-state index is -0.920. The molecule has 3 aromatic rings. The van der Waals surface area contributed by atoms with E-state index in [1.807, 2.05) is 48.5 Å². The maximum atomic E-state index is 11.9. The number of benzene rings is 2. The average Bonchev–Trinajstić information content (AvgIpc) is 3.29. The second-order valence-corrected chi connectivity index (χ2v) is 9.92. The van der Waals surface area contributed by atoms with Gasteiger partial charge in [0.1, 0.15) is 16.8 Å². The fraction of sp³-hybridized carbons (Fsp3) is 0.407. The normalized spacial score (nSPS) is 15.2. The van der Waals surface area contributed by atoms with Crippen LogP contribution in [0.15, 0.2) is 55.1 Å². The quantitative estimate of drug-likeness (QED) is 0.314. The van der Waals surface area contributed by atoms with E-state index in [0.717, 1.165) is 47.0 Å². The van der Waals surface area contributed by atoms with Crippen LogP contribution in [0.3, 0.4) is 0 Å². The number of para-hydroxylation sites is 1. The van der Waals surface area contributed by atoms with Gasteiger partial charge in [0.25, 0.3) is 0 Å². The number of carboxylic acid groups (broad SMARTS) is 1. The van der Waals surface area contributed by atoms with E-state index in [2.05, 4.69) is 22.2 Å². The van der Waals surface area contributed by atoms with Gasteiger partial charge in [-0.2, -0.15) is 0 Å². The number of aliphatic carboxylic acids is 1. The Bertz CT molecular complexity index is 1060. The Labute approximate surface area is 205 Å². The van der Waals surface area contributed by atoms with Crippen LogP contribution < -0.4 is 15.4 Å². The van der Waals surface area contributed by atoms with Crippen LogP contribution in [0, 0.1) is 5.92 Å². The molecule has 2 aromatic carbocycles. The number of carboxylic acids is 1. The fourth-order valence-electron chi connectivity index (χ4n) is 4.33. The number of carbonyl (C=O) groups is 1. The molecule has 1 unspecified atom stereocenters. The van der Waals surface area contributed by atoms with Crippen LogP contribution in [0.2, 0.25) is 0 Å². The van der Waals surface area contributed by atoms with Gasteiger partial charge in [0, 0.05) is 6.42 Å². The van der Waals surface area contributed by atoms with E-state index in [4.69, 9.17) is 4.74 Å². The van der Waals surface area contributed by atoms with E-state index < -0.39 is 12.0 Å². The Kier molecular flexibility index (Phi) is 8.55. The molecule has 0 aliphatic carbocycles. The molecule has 1 aliphatic rings. The van der Waals surface area contributed by atoms with Crippen molar-refractivity contribution in [1.29, 1.82) is 0 Å². The van der Waals surface area contributed by atoms with Crippen LogP contribution in [0.25, 0.3) is 15.9 Å². The van der Waals surface area contributed by atoms with Crippen molar-refractivity contribution in [3.8, 4) is 5.75 Å². The van der Waals surface area contributed by atoms with Crippen LogP contribution in [0.5, 0.6) is 5.75 Å². The molecule has 2 heterocycles. The zero-order valence-corrected chi connectivity index (χ0v) is 20.3. The van der Waals surface area contributed by atoms with Crippen molar-refractivity contribution in [2.45, 2.75) is 44.6 Å². The molecular formula is C27H33N3O3S. The van der Waals surface area contributed by atoms with Gasteiger partial charge in [0.15, 0.2) is 0 Å². The zero-order valence-electron chi connectivity index (χ0n) is 19.5. The van der Waals surface area contributed by atoms with Gasteiger partial charge in [0.2, 0.25) is 0 Å². The van der Waals surface area contributed by atoms with Crippen molar-refractivity contribution < 1.29 is 14.6 Å². The van der Waals surface area contributed by atoms with E-state index >= 15 is 0 Å². The molecule has 1 aliphatic heterocycles. The second-order valence-electron chi connectivity index (χ2n) is 8.89. The lowest BCUT2D eigenvalue weighted by atomic mass is 9.93. The molecule has 0 bridgehead atoms. The highest BCUT2D eigenvalue weighted by atomic mass is 32.1. The summed E-state index contributed by atoms with van der Waals surface area (Å²) >= 11 is 1.50. The lowest BCUT2D eigenvalue weighted by Gasteiger charge is -2.22. The van der Waals surface area contributed by atoms with E-state index in [0.29, 0.717) is 23.7 Å². The lowest BCUT2D eigenvalue weighted by molar-refractivity contribution is -0.139. The first-order valence-corrected chi connectivity index (χ1v) is 12.9. The third-order valence-corrected chi connectivity index (χ3v) is 7.39. The molecule has 0 radical (unpaired) electrons. The summed E-state index contributed by atoms with van der Waals surface area (Å²) < 4.78 is 6.94. The summed E-state index contributed by atoms with van der Waals surface area (Å²) in [6.07, 6.45) is 6.48. The average molecular weight is 480 g/mol. The maximum Gasteiger partial charge on any atom is 0.326 e. The summed E-state index contributed by atoms with van der Waals surface area (Å²) in [5, 5.41) is 16.9. The second kappa shape index (κ2) is 12.0. The van der Waals surface area contributed by atoms with Crippen molar-refractivity contribution in [2.75, 3.05) is 19.7 Å². The Morgan fingerprint density at radius 3 is 2.68 bits per heavy atom. The van der Waals surface area contributed by atoms with Crippen molar-refractivity contribution in [1.82, 2.24) is 15.6 Å². The van der Waals surface area contributed by atoms with Crippen molar-refractivity contribution >= 4 is 33.2 Å². The molecule has 0 amide bonds. The van der Waals surface area contributed by atoms with Crippen molar-refractivity contribution in [3.63, 3.8) is 0 Å². The molecule has 1 fully saturated rings. The fourth-order valence-corrected chi connectivity index (χ4v) is 5.23. The summed E-state index contributed by atoms with van der Waals surface area (Å²) in [5.74, 6) is 0.766. The van der Waals surface area contributed by atoms with Gasteiger partial charge in [-0.15, -0.1) is 11.3 Å². The summed E-state index contributed by atoms with van der Waals surface area (Å²) in [6, 6.07) is 14.7. The number of unbranched alkanes of at least 4 members (excludes halogenated alkanes) is 1. The third kappa shape index (κ3) is 6.81. The molecule has 4 rings (SSSR count). The molecule has 7 heteroatoms. The molecule has 1 saturated heterocycles. The van der Waals surface area contributed by atoms with E-state index in [1.54, 1.807) is 0 Å². The lowest BCUT2D eigenvalue weighted by Crippen LogP contribution is -2.37. The third-order valence-electron chi connectivity index (χ3n) is 6.30. The standard InChI is InChI=1S/C27H33N3O3S/c1-19(26-30-23-7-2-3-8-25(23)34-26)29-24(27(31)32)18-21-9-11-22(12-10-21)33-17-5-4-6-20-13-15-28-16-14-20/h2-3,7-12,20,24,28-29H,1,4-6,13-18H2,(H,31,32).